The number of carbonyl (C=O) groups excluding carboxylic acids is 1. The van der Waals surface area contributed by atoms with Crippen LogP contribution in [0.3, 0.4) is 0 Å². The van der Waals surface area contributed by atoms with E-state index in [0.29, 0.717) is 18.8 Å². The summed E-state index contributed by atoms with van der Waals surface area (Å²) in [6.07, 6.45) is 1.81. The van der Waals surface area contributed by atoms with Gasteiger partial charge in [-0.1, -0.05) is 0 Å². The van der Waals surface area contributed by atoms with Crippen molar-refractivity contribution in [2.24, 2.45) is 0 Å². The Balaban J connectivity index is -0.0000000204. The molecule has 0 heterocycles. The fourth-order valence-electron chi connectivity index (χ4n) is 0. The van der Waals surface area contributed by atoms with Gasteiger partial charge in [0.15, 0.2) is 0 Å². The fraction of sp³-hybridized carbons (Fsp3) is 0.800. The van der Waals surface area contributed by atoms with Gasteiger partial charge in [-0.15, -0.1) is 0 Å². The SMILES string of the molecule is CS(=O)(=O)[O-].CS(=O)(=O)[O-].CS(=O)(=O)[O-].C[NH3+].O=C[O-].[H+].[H+].[H+]. The van der Waals surface area contributed by atoms with Crippen molar-refractivity contribution in [1.82, 2.24) is 0 Å². The molecule has 20 heavy (non-hydrogen) atoms. The summed E-state index contributed by atoms with van der Waals surface area (Å²) in [5.41, 5.74) is 3.25. The maximum atomic E-state index is 9.08. The summed E-state index contributed by atoms with van der Waals surface area (Å²) in [5.74, 6) is 0. The second kappa shape index (κ2) is 16.2. The number of rotatable bonds is 0. The molecule has 15 heteroatoms. The summed E-state index contributed by atoms with van der Waals surface area (Å²) in [6.45, 7) is -0.500. The molecule has 0 saturated carbocycles. The molecule has 0 spiro atoms. The van der Waals surface area contributed by atoms with E-state index >= 15 is 0 Å². The first-order valence-electron chi connectivity index (χ1n) is 3.90. The highest BCUT2D eigenvalue weighted by Gasteiger charge is 1.66. The number of quaternary nitrogens is 1. The summed E-state index contributed by atoms with van der Waals surface area (Å²) >= 11 is 0. The van der Waals surface area contributed by atoms with Crippen LogP contribution in [0.5, 0.6) is 0 Å². The Hall–Kier alpha value is -0.840. The molecule has 128 valence electrons. The van der Waals surface area contributed by atoms with Crippen molar-refractivity contribution in [3.63, 3.8) is 0 Å². The predicted octanol–water partition coefficient (Wildman–Crippen LogP) is -4.95. The smallest absolute Gasteiger partial charge is 0.748 e. The lowest BCUT2D eigenvalue weighted by Gasteiger charge is -1.90. The van der Waals surface area contributed by atoms with E-state index < -0.39 is 36.8 Å². The maximum absolute atomic E-state index is 9.08. The minimum Gasteiger partial charge on any atom is -0.748 e. The first-order chi connectivity index (χ1) is 8.41. The minimum absolute atomic E-state index is 0. The van der Waals surface area contributed by atoms with Crippen molar-refractivity contribution in [2.75, 3.05) is 25.8 Å². The van der Waals surface area contributed by atoms with Crippen LogP contribution in [-0.2, 0) is 35.1 Å². The third-order valence-electron chi connectivity index (χ3n) is 0. The zero-order valence-electron chi connectivity index (χ0n) is 14.0. The molecule has 0 fully saturated rings. The Bertz CT molecular complexity index is 406. The second-order valence-electron chi connectivity index (χ2n) is 2.21. The van der Waals surface area contributed by atoms with Gasteiger partial charge in [-0.25, -0.2) is 25.3 Å². The highest BCUT2D eigenvalue weighted by Crippen LogP contribution is 1.60. The van der Waals surface area contributed by atoms with Crippen LogP contribution in [0.15, 0.2) is 0 Å². The monoisotopic (exact) mass is 365 g/mol. The Morgan fingerprint density at radius 2 is 0.750 bits per heavy atom. The highest BCUT2D eigenvalue weighted by molar-refractivity contribution is 7.85. The van der Waals surface area contributed by atoms with E-state index in [1.165, 1.54) is 0 Å². The van der Waals surface area contributed by atoms with Gasteiger partial charge in [0.05, 0.1) is 37.4 Å². The van der Waals surface area contributed by atoms with Crippen LogP contribution < -0.4 is 10.8 Å². The zero-order chi connectivity index (χ0) is 18.2. The van der Waals surface area contributed by atoms with Crippen LogP contribution >= 0.6 is 0 Å². The summed E-state index contributed by atoms with van der Waals surface area (Å²) in [6, 6.07) is 0. The van der Waals surface area contributed by atoms with Gasteiger partial charge in [-0.3, -0.25) is 0 Å². The summed E-state index contributed by atoms with van der Waals surface area (Å²) in [5, 5.41) is 8.25. The molecule has 3 N–H and O–H groups in total. The average Bonchev–Trinajstić information content (AvgIpc) is 1.97. The van der Waals surface area contributed by atoms with E-state index in [1.807, 2.05) is 0 Å². The molecule has 0 aromatic carbocycles. The van der Waals surface area contributed by atoms with Gasteiger partial charge in [0.2, 0.25) is 0 Å². The molecule has 0 aliphatic heterocycles. The summed E-state index contributed by atoms with van der Waals surface area (Å²) < 4.78 is 81.7. The summed E-state index contributed by atoms with van der Waals surface area (Å²) in [4.78, 5) is 8.25. The fourth-order valence-corrected chi connectivity index (χ4v) is 0. The normalized spacial score (nSPS) is 9.60. The van der Waals surface area contributed by atoms with Gasteiger partial charge < -0.3 is 29.3 Å². The molecule has 0 aromatic heterocycles. The molecule has 0 saturated heterocycles. The number of carbonyl (C=O) groups is 1. The lowest BCUT2D eigenvalue weighted by molar-refractivity contribution is -0.325. The van der Waals surface area contributed by atoms with E-state index in [-0.39, 0.29) is 4.28 Å². The van der Waals surface area contributed by atoms with Gasteiger partial charge in [0, 0.05) is 25.2 Å². The standard InChI is InChI=1S/CH5N.3CH4O3S.CH2O2/c1-2;3*1-5(2,3)4;2-1-3/h2H2,1H3;3*1H3,(H,2,3,4);1H,(H,2,3). The van der Waals surface area contributed by atoms with Gasteiger partial charge in [-0.05, 0) is 0 Å². The van der Waals surface area contributed by atoms with Gasteiger partial charge in [0.1, 0.15) is 0 Å². The Labute approximate surface area is 122 Å². The number of carboxylic acid groups (broad SMARTS) is 1. The molecule has 0 atom stereocenters. The third-order valence-corrected chi connectivity index (χ3v) is 0. The van der Waals surface area contributed by atoms with Crippen molar-refractivity contribution >= 4 is 36.8 Å². The van der Waals surface area contributed by atoms with E-state index in [2.05, 4.69) is 5.73 Å². The van der Waals surface area contributed by atoms with Crippen molar-refractivity contribution in [3.8, 4) is 0 Å². The van der Waals surface area contributed by atoms with Crippen LogP contribution in [0.25, 0.3) is 0 Å². The number of hydrogen-bond donors (Lipinski definition) is 1. The van der Waals surface area contributed by atoms with Crippen molar-refractivity contribution in [3.05, 3.63) is 0 Å². The average molecular weight is 365 g/mol. The molecule has 0 bridgehead atoms. The topological polar surface area (TPSA) is 239 Å². The van der Waals surface area contributed by atoms with E-state index in [0.717, 1.165) is 0 Å². The molecule has 0 rings (SSSR count). The molecular weight excluding hydrogens is 346 g/mol. The van der Waals surface area contributed by atoms with Crippen LogP contribution in [0.4, 0.5) is 0 Å². The molecular formula is C5H19NO11S3. The Morgan fingerprint density at radius 1 is 0.750 bits per heavy atom. The van der Waals surface area contributed by atoms with Gasteiger partial charge >= 0.3 is 4.28 Å². The zero-order valence-corrected chi connectivity index (χ0v) is 13.4. The van der Waals surface area contributed by atoms with Crippen LogP contribution in [-0.4, -0.2) is 71.2 Å². The second-order valence-corrected chi connectivity index (χ2v) is 6.43. The molecule has 0 aliphatic carbocycles. The Kier molecular flexibility index (Phi) is 25.5. The summed E-state index contributed by atoms with van der Waals surface area (Å²) in [7, 11) is -10.0. The Morgan fingerprint density at radius 3 is 0.750 bits per heavy atom. The highest BCUT2D eigenvalue weighted by atomic mass is 32.2. The number of hydrogen-bond acceptors (Lipinski definition) is 11. The van der Waals surface area contributed by atoms with Gasteiger partial charge in [0.25, 0.3) is 0 Å². The first-order valence-corrected chi connectivity index (χ1v) is 9.35. The largest absolute Gasteiger partial charge is 1.00 e. The minimum atomic E-state index is -3.92. The quantitative estimate of drug-likeness (QED) is 0.314. The lowest BCUT2D eigenvalue weighted by Crippen LogP contribution is -2.40. The van der Waals surface area contributed by atoms with Crippen LogP contribution in [0, 0.1) is 0 Å². The third kappa shape index (κ3) is 6350. The van der Waals surface area contributed by atoms with Crippen molar-refractivity contribution in [2.45, 2.75) is 0 Å². The molecule has 0 radical (unpaired) electrons. The van der Waals surface area contributed by atoms with Crippen LogP contribution in [0.2, 0.25) is 0 Å². The van der Waals surface area contributed by atoms with Gasteiger partial charge in [-0.2, -0.15) is 0 Å². The van der Waals surface area contributed by atoms with Crippen molar-refractivity contribution < 1.29 is 58.8 Å². The van der Waals surface area contributed by atoms with E-state index in [1.54, 1.807) is 7.05 Å². The molecule has 0 amide bonds. The van der Waals surface area contributed by atoms with Crippen molar-refractivity contribution in [1.29, 1.82) is 0 Å². The lowest BCUT2D eigenvalue weighted by atomic mass is 11.6. The van der Waals surface area contributed by atoms with E-state index in [4.69, 9.17) is 48.8 Å². The van der Waals surface area contributed by atoms with E-state index in [9.17, 15) is 0 Å². The van der Waals surface area contributed by atoms with Crippen LogP contribution in [0.1, 0.15) is 4.28 Å². The maximum Gasteiger partial charge on any atom is 1.00 e. The predicted molar refractivity (Wildman–Crippen MR) is 65.1 cm³/mol. The molecule has 12 nitrogen and oxygen atoms in total. The molecule has 0 aliphatic rings. The molecule has 0 aromatic rings. The molecule has 0 unspecified atom stereocenters. The first kappa shape index (κ1) is 31.5.